The molecule has 0 radical (unpaired) electrons. The van der Waals surface area contributed by atoms with Crippen LogP contribution in [0, 0.1) is 11.8 Å². The van der Waals surface area contributed by atoms with Gasteiger partial charge in [0.15, 0.2) is 0 Å². The summed E-state index contributed by atoms with van der Waals surface area (Å²) in [4.78, 5) is 0. The monoisotopic (exact) mass is 265 g/mol. The topological polar surface area (TPSA) is 50.1 Å². The molecule has 3 nitrogen and oxygen atoms in total. The van der Waals surface area contributed by atoms with Crippen LogP contribution in [0.3, 0.4) is 0 Å². The van der Waals surface area contributed by atoms with Gasteiger partial charge in [0.1, 0.15) is 6.04 Å². The lowest BCUT2D eigenvalue weighted by Crippen LogP contribution is -2.57. The first kappa shape index (κ1) is 14.1. The smallest absolute Gasteiger partial charge is 0.326 e. The normalized spacial score (nSPS) is 42.8. The van der Waals surface area contributed by atoms with Crippen molar-refractivity contribution in [1.29, 1.82) is 0 Å². The van der Waals surface area contributed by atoms with Gasteiger partial charge in [0, 0.05) is 25.2 Å². The molecule has 2 heterocycles. The minimum absolute atomic E-state index is 0.167. The van der Waals surface area contributed by atoms with Gasteiger partial charge in [0.2, 0.25) is 0 Å². The van der Waals surface area contributed by atoms with E-state index in [4.69, 9.17) is 5.73 Å². The Morgan fingerprint density at radius 1 is 1.11 bits per heavy atom. The molecule has 2 rings (SSSR count). The van der Waals surface area contributed by atoms with Crippen molar-refractivity contribution in [2.24, 2.45) is 17.6 Å². The van der Waals surface area contributed by atoms with Crippen LogP contribution in [-0.2, 0) is 0 Å². The molecule has 0 aromatic heterocycles. The van der Waals surface area contributed by atoms with Crippen LogP contribution in [0.2, 0.25) is 0 Å². The van der Waals surface area contributed by atoms with Crippen LogP contribution in [0.25, 0.3) is 0 Å². The second kappa shape index (κ2) is 5.35. The van der Waals surface area contributed by atoms with Crippen LogP contribution in [0.4, 0.5) is 13.2 Å². The fourth-order valence-corrected chi connectivity index (χ4v) is 3.01. The molecular formula is C12H22F3N3. The zero-order chi connectivity index (χ0) is 13.3. The Hall–Kier alpha value is -0.330. The second-order valence-electron chi connectivity index (χ2n) is 5.73. The standard InChI is InChI=1S/C12H22F3N3/c1-7-4-10(17-6-9(7)16)8-2-3-11(18-5-8)12(13,14)15/h7-11,17-18H,2-6,16H2,1H3. The van der Waals surface area contributed by atoms with Gasteiger partial charge in [-0.1, -0.05) is 6.92 Å². The van der Waals surface area contributed by atoms with E-state index in [9.17, 15) is 13.2 Å². The molecule has 0 aromatic carbocycles. The van der Waals surface area contributed by atoms with Crippen molar-refractivity contribution in [2.45, 2.75) is 50.5 Å². The van der Waals surface area contributed by atoms with Crippen LogP contribution in [0.15, 0.2) is 0 Å². The summed E-state index contributed by atoms with van der Waals surface area (Å²) in [6.07, 6.45) is -2.33. The summed E-state index contributed by atoms with van der Waals surface area (Å²) in [5.74, 6) is 0.732. The summed E-state index contributed by atoms with van der Waals surface area (Å²) < 4.78 is 37.6. The predicted octanol–water partition coefficient (Wildman–Crippen LogP) is 1.24. The third-order valence-electron chi connectivity index (χ3n) is 4.39. The largest absolute Gasteiger partial charge is 0.403 e. The van der Waals surface area contributed by atoms with Gasteiger partial charge >= 0.3 is 6.18 Å². The van der Waals surface area contributed by atoms with Crippen LogP contribution in [0.5, 0.6) is 0 Å². The molecular weight excluding hydrogens is 243 g/mol. The Balaban J connectivity index is 1.83. The maximum atomic E-state index is 12.5. The van der Waals surface area contributed by atoms with E-state index in [0.717, 1.165) is 13.0 Å². The van der Waals surface area contributed by atoms with E-state index in [1.54, 1.807) is 0 Å². The minimum atomic E-state index is -4.11. The summed E-state index contributed by atoms with van der Waals surface area (Å²) in [6, 6.07) is -0.848. The van der Waals surface area contributed by atoms with E-state index >= 15 is 0 Å². The molecule has 2 fully saturated rings. The average molecular weight is 265 g/mol. The third kappa shape index (κ3) is 3.16. The summed E-state index contributed by atoms with van der Waals surface area (Å²) in [7, 11) is 0. The molecule has 5 unspecified atom stereocenters. The molecule has 0 saturated carbocycles. The van der Waals surface area contributed by atoms with Crippen LogP contribution in [-0.4, -0.2) is 37.4 Å². The first-order valence-electron chi connectivity index (χ1n) is 6.67. The van der Waals surface area contributed by atoms with Gasteiger partial charge in [-0.15, -0.1) is 0 Å². The van der Waals surface area contributed by atoms with Gasteiger partial charge in [-0.25, -0.2) is 0 Å². The Bertz CT molecular complexity index is 274. The number of hydrogen-bond acceptors (Lipinski definition) is 3. The molecule has 6 heteroatoms. The highest BCUT2D eigenvalue weighted by molar-refractivity contribution is 4.93. The van der Waals surface area contributed by atoms with E-state index in [2.05, 4.69) is 17.6 Å². The van der Waals surface area contributed by atoms with E-state index in [0.29, 0.717) is 30.8 Å². The molecule has 4 N–H and O–H groups in total. The molecule has 2 aliphatic rings. The fraction of sp³-hybridized carbons (Fsp3) is 1.00. The maximum absolute atomic E-state index is 12.5. The molecule has 106 valence electrons. The molecule has 0 aromatic rings. The number of piperidine rings is 2. The molecule has 2 saturated heterocycles. The summed E-state index contributed by atoms with van der Waals surface area (Å²) in [6.45, 7) is 3.34. The van der Waals surface area contributed by atoms with E-state index in [1.165, 1.54) is 0 Å². The molecule has 5 atom stereocenters. The lowest BCUT2D eigenvalue weighted by molar-refractivity contribution is -0.162. The Labute approximate surface area is 106 Å². The average Bonchev–Trinajstić information content (AvgIpc) is 2.32. The number of hydrogen-bond donors (Lipinski definition) is 3. The van der Waals surface area contributed by atoms with Gasteiger partial charge in [0.25, 0.3) is 0 Å². The fourth-order valence-electron chi connectivity index (χ4n) is 3.01. The third-order valence-corrected chi connectivity index (χ3v) is 4.39. The number of nitrogens with two attached hydrogens (primary N) is 1. The maximum Gasteiger partial charge on any atom is 0.403 e. The summed E-state index contributed by atoms with van der Waals surface area (Å²) >= 11 is 0. The Morgan fingerprint density at radius 3 is 2.33 bits per heavy atom. The molecule has 18 heavy (non-hydrogen) atoms. The molecule has 2 aliphatic heterocycles. The van der Waals surface area contributed by atoms with E-state index in [1.807, 2.05) is 0 Å². The highest BCUT2D eigenvalue weighted by Crippen LogP contribution is 2.31. The highest BCUT2D eigenvalue weighted by Gasteiger charge is 2.43. The molecule has 0 aliphatic carbocycles. The zero-order valence-electron chi connectivity index (χ0n) is 10.6. The number of rotatable bonds is 1. The van der Waals surface area contributed by atoms with Gasteiger partial charge < -0.3 is 16.4 Å². The Morgan fingerprint density at radius 2 is 1.83 bits per heavy atom. The van der Waals surface area contributed by atoms with Gasteiger partial charge in [-0.3, -0.25) is 0 Å². The SMILES string of the molecule is CC1CC(C2CCC(C(F)(F)F)NC2)NCC1N. The second-order valence-corrected chi connectivity index (χ2v) is 5.73. The van der Waals surface area contributed by atoms with Crippen LogP contribution < -0.4 is 16.4 Å². The van der Waals surface area contributed by atoms with E-state index < -0.39 is 12.2 Å². The first-order valence-corrected chi connectivity index (χ1v) is 6.67. The molecule has 0 spiro atoms. The van der Waals surface area contributed by atoms with Crippen LogP contribution >= 0.6 is 0 Å². The van der Waals surface area contributed by atoms with Gasteiger partial charge in [-0.05, 0) is 31.1 Å². The van der Waals surface area contributed by atoms with Crippen LogP contribution in [0.1, 0.15) is 26.2 Å². The lowest BCUT2D eigenvalue weighted by atomic mass is 9.80. The molecule has 0 bridgehead atoms. The van der Waals surface area contributed by atoms with Crippen molar-refractivity contribution in [3.63, 3.8) is 0 Å². The predicted molar refractivity (Wildman–Crippen MR) is 64.1 cm³/mol. The number of nitrogens with one attached hydrogen (secondary N) is 2. The van der Waals surface area contributed by atoms with Crippen molar-refractivity contribution in [2.75, 3.05) is 13.1 Å². The number of alkyl halides is 3. The Kier molecular flexibility index (Phi) is 4.18. The minimum Gasteiger partial charge on any atom is -0.326 e. The number of halogens is 3. The summed E-state index contributed by atoms with van der Waals surface area (Å²) in [5, 5.41) is 6.01. The first-order chi connectivity index (χ1) is 8.38. The molecule has 0 amide bonds. The van der Waals surface area contributed by atoms with Gasteiger partial charge in [-0.2, -0.15) is 13.2 Å². The van der Waals surface area contributed by atoms with Crippen molar-refractivity contribution < 1.29 is 13.2 Å². The quantitative estimate of drug-likeness (QED) is 0.668. The van der Waals surface area contributed by atoms with Gasteiger partial charge in [0.05, 0.1) is 0 Å². The lowest BCUT2D eigenvalue weighted by Gasteiger charge is -2.41. The van der Waals surface area contributed by atoms with Crippen molar-refractivity contribution >= 4 is 0 Å². The van der Waals surface area contributed by atoms with Crippen molar-refractivity contribution in [3.05, 3.63) is 0 Å². The zero-order valence-corrected chi connectivity index (χ0v) is 10.6. The van der Waals surface area contributed by atoms with Crippen molar-refractivity contribution in [3.8, 4) is 0 Å². The summed E-state index contributed by atoms with van der Waals surface area (Å²) in [5.41, 5.74) is 5.92. The highest BCUT2D eigenvalue weighted by atomic mass is 19.4. The van der Waals surface area contributed by atoms with E-state index in [-0.39, 0.29) is 12.5 Å². The van der Waals surface area contributed by atoms with Crippen molar-refractivity contribution in [1.82, 2.24) is 10.6 Å².